The monoisotopic (exact) mass is 442 g/mol. The molecule has 1 aromatic rings. The largest absolute Gasteiger partial charge is 0.459 e. The molecule has 148 valence electrons. The van der Waals surface area contributed by atoms with E-state index in [1.165, 1.54) is 0 Å². The van der Waals surface area contributed by atoms with Gasteiger partial charge in [-0.3, -0.25) is 14.4 Å². The Morgan fingerprint density at radius 2 is 1.74 bits per heavy atom. The summed E-state index contributed by atoms with van der Waals surface area (Å²) in [6, 6.07) is 4.81. The van der Waals surface area contributed by atoms with Gasteiger partial charge in [-0.2, -0.15) is 0 Å². The Morgan fingerprint density at radius 1 is 1.15 bits per heavy atom. The number of hydrogen-bond acceptors (Lipinski definition) is 5. The molecule has 0 bridgehead atoms. The number of hydrogen-bond donors (Lipinski definition) is 4. The summed E-state index contributed by atoms with van der Waals surface area (Å²) in [6.45, 7) is 4.67. The molecular weight excluding hydrogens is 420 g/mol. The lowest BCUT2D eigenvalue weighted by atomic mass is 10.2. The van der Waals surface area contributed by atoms with Crippen molar-refractivity contribution in [3.05, 3.63) is 28.7 Å². The quantitative estimate of drug-likeness (QED) is 0.470. The van der Waals surface area contributed by atoms with E-state index in [1.807, 2.05) is 0 Å². The number of urea groups is 1. The molecule has 4 amide bonds. The minimum Gasteiger partial charge on any atom is -0.459 e. The van der Waals surface area contributed by atoms with Crippen LogP contribution in [0.25, 0.3) is 0 Å². The van der Waals surface area contributed by atoms with Gasteiger partial charge in [0, 0.05) is 10.2 Å². The highest BCUT2D eigenvalue weighted by molar-refractivity contribution is 9.10. The first-order valence-corrected chi connectivity index (χ1v) is 8.86. The van der Waals surface area contributed by atoms with Crippen LogP contribution in [0.3, 0.4) is 0 Å². The van der Waals surface area contributed by atoms with Crippen LogP contribution >= 0.6 is 15.9 Å². The van der Waals surface area contributed by atoms with Crippen molar-refractivity contribution in [2.75, 3.05) is 11.9 Å². The maximum Gasteiger partial charge on any atom is 0.325 e. The molecule has 1 unspecified atom stereocenters. The lowest BCUT2D eigenvalue weighted by Gasteiger charge is -2.21. The van der Waals surface area contributed by atoms with Crippen molar-refractivity contribution in [2.24, 2.45) is 5.73 Å². The summed E-state index contributed by atoms with van der Waals surface area (Å²) in [5.41, 5.74) is 4.92. The highest BCUT2D eigenvalue weighted by Crippen LogP contribution is 2.14. The number of ether oxygens (including phenoxy) is 1. The fraction of sp³-hybridized carbons (Fsp3) is 0.412. The van der Waals surface area contributed by atoms with E-state index in [-0.39, 0.29) is 0 Å². The highest BCUT2D eigenvalue weighted by atomic mass is 79.9. The zero-order valence-corrected chi connectivity index (χ0v) is 16.9. The van der Waals surface area contributed by atoms with Gasteiger partial charge in [-0.1, -0.05) is 15.9 Å². The number of nitrogens with two attached hydrogens (primary N) is 1. The number of benzene rings is 1. The first kappa shape index (κ1) is 22.4. The molecular formula is C17H23BrN4O5. The predicted molar refractivity (Wildman–Crippen MR) is 103 cm³/mol. The van der Waals surface area contributed by atoms with Crippen LogP contribution in [0.15, 0.2) is 28.7 Å². The number of anilines is 1. The minimum absolute atomic E-state index is 0.401. The third kappa shape index (κ3) is 9.59. The highest BCUT2D eigenvalue weighted by Gasteiger charge is 2.24. The van der Waals surface area contributed by atoms with Crippen molar-refractivity contribution < 1.29 is 23.9 Å². The van der Waals surface area contributed by atoms with E-state index in [4.69, 9.17) is 10.5 Å². The third-order valence-corrected chi connectivity index (χ3v) is 3.48. The van der Waals surface area contributed by atoms with Crippen LogP contribution in [0.4, 0.5) is 10.5 Å². The molecule has 0 aromatic heterocycles. The summed E-state index contributed by atoms with van der Waals surface area (Å²) in [5, 5.41) is 7.20. The van der Waals surface area contributed by atoms with Crippen LogP contribution < -0.4 is 21.7 Å². The maximum absolute atomic E-state index is 12.2. The Labute approximate surface area is 165 Å². The first-order chi connectivity index (χ1) is 12.5. The van der Waals surface area contributed by atoms with E-state index in [0.29, 0.717) is 5.69 Å². The first-order valence-electron chi connectivity index (χ1n) is 8.07. The number of nitrogens with one attached hydrogen (secondary N) is 3. The second-order valence-corrected chi connectivity index (χ2v) is 7.55. The molecule has 0 fully saturated rings. The number of halogens is 1. The summed E-state index contributed by atoms with van der Waals surface area (Å²) in [5.74, 6) is -2.16. The molecule has 9 nitrogen and oxygen atoms in total. The Hall–Kier alpha value is -2.62. The fourth-order valence-corrected chi connectivity index (χ4v) is 2.19. The van der Waals surface area contributed by atoms with E-state index in [9.17, 15) is 19.2 Å². The molecule has 0 aliphatic rings. The third-order valence-electron chi connectivity index (χ3n) is 2.96. The second kappa shape index (κ2) is 9.91. The van der Waals surface area contributed by atoms with Gasteiger partial charge in [0.2, 0.25) is 11.8 Å². The normalized spacial score (nSPS) is 11.9. The lowest BCUT2D eigenvalue weighted by molar-refractivity contribution is -0.154. The van der Waals surface area contributed by atoms with Gasteiger partial charge in [0.1, 0.15) is 18.2 Å². The standard InChI is InChI=1S/C17H23BrN4O5/c1-17(2,3)27-14(24)9-20-15(25)12(8-13(19)23)22-16(26)21-11-6-4-10(18)5-7-11/h4-7,12H,8-9H2,1-3H3,(H2,19,23)(H,20,25)(H2,21,22,26). The lowest BCUT2D eigenvalue weighted by Crippen LogP contribution is -2.51. The summed E-state index contributed by atoms with van der Waals surface area (Å²) in [4.78, 5) is 47.1. The Bertz CT molecular complexity index is 700. The molecule has 0 heterocycles. The van der Waals surface area contributed by atoms with Gasteiger partial charge in [0.15, 0.2) is 0 Å². The molecule has 27 heavy (non-hydrogen) atoms. The number of esters is 1. The smallest absolute Gasteiger partial charge is 0.325 e. The molecule has 1 aromatic carbocycles. The van der Waals surface area contributed by atoms with Crippen molar-refractivity contribution in [3.63, 3.8) is 0 Å². The molecule has 5 N–H and O–H groups in total. The Balaban J connectivity index is 2.64. The van der Waals surface area contributed by atoms with Crippen LogP contribution in [-0.2, 0) is 19.1 Å². The number of amides is 4. The number of primary amides is 1. The van der Waals surface area contributed by atoms with E-state index in [0.717, 1.165) is 4.47 Å². The van der Waals surface area contributed by atoms with Gasteiger partial charge in [-0.15, -0.1) is 0 Å². The van der Waals surface area contributed by atoms with Crippen LogP contribution in [0.1, 0.15) is 27.2 Å². The van der Waals surface area contributed by atoms with E-state index in [1.54, 1.807) is 45.0 Å². The summed E-state index contributed by atoms with van der Waals surface area (Å²) in [7, 11) is 0. The van der Waals surface area contributed by atoms with Crippen LogP contribution in [0.2, 0.25) is 0 Å². The summed E-state index contributed by atoms with van der Waals surface area (Å²) in [6.07, 6.45) is -0.423. The Kier molecular flexibility index (Phi) is 8.23. The van der Waals surface area contributed by atoms with Gasteiger partial charge in [-0.05, 0) is 45.0 Å². The van der Waals surface area contributed by atoms with Crippen molar-refractivity contribution in [2.45, 2.75) is 38.8 Å². The zero-order chi connectivity index (χ0) is 20.6. The molecule has 10 heteroatoms. The average molecular weight is 443 g/mol. The summed E-state index contributed by atoms with van der Waals surface area (Å²) >= 11 is 3.27. The molecule has 1 rings (SSSR count). The van der Waals surface area contributed by atoms with Crippen LogP contribution in [0, 0.1) is 0 Å². The van der Waals surface area contributed by atoms with Gasteiger partial charge in [0.05, 0.1) is 6.42 Å². The fourth-order valence-electron chi connectivity index (χ4n) is 1.93. The van der Waals surface area contributed by atoms with Crippen molar-refractivity contribution in [3.8, 4) is 0 Å². The van der Waals surface area contributed by atoms with Crippen molar-refractivity contribution in [1.82, 2.24) is 10.6 Å². The molecule has 0 radical (unpaired) electrons. The Morgan fingerprint density at radius 3 is 2.26 bits per heavy atom. The number of carbonyl (C=O) groups excluding carboxylic acids is 4. The molecule has 0 saturated carbocycles. The van der Waals surface area contributed by atoms with Crippen LogP contribution in [-0.4, -0.2) is 42.0 Å². The molecule has 0 saturated heterocycles. The zero-order valence-electron chi connectivity index (χ0n) is 15.3. The van der Waals surface area contributed by atoms with E-state index >= 15 is 0 Å². The van der Waals surface area contributed by atoms with Gasteiger partial charge in [0.25, 0.3) is 0 Å². The van der Waals surface area contributed by atoms with Gasteiger partial charge in [-0.25, -0.2) is 4.79 Å². The molecule has 0 spiro atoms. The van der Waals surface area contributed by atoms with Gasteiger partial charge >= 0.3 is 12.0 Å². The molecule has 0 aliphatic heterocycles. The van der Waals surface area contributed by atoms with Crippen LogP contribution in [0.5, 0.6) is 0 Å². The van der Waals surface area contributed by atoms with Crippen molar-refractivity contribution in [1.29, 1.82) is 0 Å². The predicted octanol–water partition coefficient (Wildman–Crippen LogP) is 1.27. The summed E-state index contributed by atoms with van der Waals surface area (Å²) < 4.78 is 5.90. The number of carbonyl (C=O) groups is 4. The average Bonchev–Trinajstić information content (AvgIpc) is 2.52. The van der Waals surface area contributed by atoms with Crippen molar-refractivity contribution >= 4 is 45.4 Å². The molecule has 0 aliphatic carbocycles. The topological polar surface area (TPSA) is 140 Å². The molecule has 1 atom stereocenters. The maximum atomic E-state index is 12.2. The van der Waals surface area contributed by atoms with E-state index < -0.39 is 48.4 Å². The number of rotatable bonds is 7. The van der Waals surface area contributed by atoms with E-state index in [2.05, 4.69) is 31.9 Å². The SMILES string of the molecule is CC(C)(C)OC(=O)CNC(=O)C(CC(N)=O)NC(=O)Nc1ccc(Br)cc1. The van der Waals surface area contributed by atoms with Gasteiger partial charge < -0.3 is 26.4 Å². The minimum atomic E-state index is -1.24. The second-order valence-electron chi connectivity index (χ2n) is 6.63.